The van der Waals surface area contributed by atoms with Gasteiger partial charge in [-0.2, -0.15) is 0 Å². The predicted octanol–water partition coefficient (Wildman–Crippen LogP) is 3.51. The number of halogens is 1. The van der Waals surface area contributed by atoms with Crippen molar-refractivity contribution in [2.24, 2.45) is 5.73 Å². The van der Waals surface area contributed by atoms with E-state index < -0.39 is 17.5 Å². The van der Waals surface area contributed by atoms with Gasteiger partial charge in [-0.3, -0.25) is 4.90 Å². The number of carbonyl (C=O) groups excluding carboxylic acids is 1. The first kappa shape index (κ1) is 15.4. The Hall–Kier alpha value is -2.53. The molecule has 1 aliphatic rings. The van der Waals surface area contributed by atoms with Gasteiger partial charge in [-0.15, -0.1) is 0 Å². The molecule has 23 heavy (non-hydrogen) atoms. The van der Waals surface area contributed by atoms with Crippen molar-refractivity contribution in [2.45, 2.75) is 18.4 Å². The van der Waals surface area contributed by atoms with E-state index in [4.69, 9.17) is 17.3 Å². The van der Waals surface area contributed by atoms with Crippen molar-refractivity contribution in [1.29, 1.82) is 0 Å². The van der Waals surface area contributed by atoms with Crippen molar-refractivity contribution in [1.82, 2.24) is 0 Å². The number of nitrogens with two attached hydrogens (primary N) is 1. The Balaban J connectivity index is 2.19. The summed E-state index contributed by atoms with van der Waals surface area (Å²) in [7, 11) is 0. The summed E-state index contributed by atoms with van der Waals surface area (Å²) in [4.78, 5) is 24.8. The van der Waals surface area contributed by atoms with Crippen LogP contribution < -0.4 is 10.6 Å². The van der Waals surface area contributed by atoms with E-state index in [1.807, 2.05) is 30.3 Å². The van der Waals surface area contributed by atoms with E-state index in [0.29, 0.717) is 29.1 Å². The number of hydrogen-bond acceptors (Lipinski definition) is 2. The van der Waals surface area contributed by atoms with Crippen LogP contribution in [0, 0.1) is 0 Å². The molecule has 0 aliphatic heterocycles. The summed E-state index contributed by atoms with van der Waals surface area (Å²) in [5, 5.41) is 10.0. The van der Waals surface area contributed by atoms with Crippen LogP contribution in [0.15, 0.2) is 48.5 Å². The van der Waals surface area contributed by atoms with E-state index in [0.717, 1.165) is 5.56 Å². The molecule has 2 amide bonds. The highest BCUT2D eigenvalue weighted by atomic mass is 35.5. The van der Waals surface area contributed by atoms with Crippen molar-refractivity contribution in [3.05, 3.63) is 53.6 Å². The van der Waals surface area contributed by atoms with Gasteiger partial charge in [-0.25, -0.2) is 9.59 Å². The highest BCUT2D eigenvalue weighted by Gasteiger charge is 2.57. The first-order valence-electron chi connectivity index (χ1n) is 7.14. The average molecular weight is 331 g/mol. The number of urea groups is 1. The van der Waals surface area contributed by atoms with Crippen molar-refractivity contribution in [3.63, 3.8) is 0 Å². The highest BCUT2D eigenvalue weighted by molar-refractivity contribution is 6.31. The van der Waals surface area contributed by atoms with E-state index in [1.165, 1.54) is 4.90 Å². The fourth-order valence-corrected chi connectivity index (χ4v) is 2.94. The summed E-state index contributed by atoms with van der Waals surface area (Å²) in [6.07, 6.45) is 0.754. The van der Waals surface area contributed by atoms with Gasteiger partial charge in [-0.05, 0) is 36.6 Å². The molecule has 0 unspecified atom stereocenters. The van der Waals surface area contributed by atoms with E-state index in [2.05, 4.69) is 0 Å². The molecule has 0 heterocycles. The van der Waals surface area contributed by atoms with Gasteiger partial charge in [0, 0.05) is 10.6 Å². The van der Waals surface area contributed by atoms with E-state index in [9.17, 15) is 14.7 Å². The molecule has 1 fully saturated rings. The lowest BCUT2D eigenvalue weighted by molar-refractivity contribution is -0.139. The molecular weight excluding hydrogens is 316 g/mol. The lowest BCUT2D eigenvalue weighted by atomic mass is 10.0. The fourth-order valence-electron chi connectivity index (χ4n) is 2.76. The van der Waals surface area contributed by atoms with Crippen LogP contribution in [0.1, 0.15) is 12.8 Å². The minimum absolute atomic E-state index is 0.377. The number of carbonyl (C=O) groups is 2. The molecular formula is C17H15ClN2O3. The number of carboxylic acid groups (broad SMARTS) is 1. The fraction of sp³-hybridized carbons (Fsp3) is 0.176. The number of amides is 2. The smallest absolute Gasteiger partial charge is 0.330 e. The molecule has 0 radical (unpaired) electrons. The third kappa shape index (κ3) is 2.64. The predicted molar refractivity (Wildman–Crippen MR) is 88.6 cm³/mol. The Bertz CT molecular complexity index is 773. The van der Waals surface area contributed by atoms with Crippen LogP contribution in [-0.4, -0.2) is 22.6 Å². The SMILES string of the molecule is NC(=O)N(c1ccc(Cl)cc1-c1ccccc1)C1(C(=O)O)CC1. The molecule has 5 nitrogen and oxygen atoms in total. The number of primary amides is 1. The molecule has 3 rings (SSSR count). The van der Waals surface area contributed by atoms with Crippen LogP contribution in [0.3, 0.4) is 0 Å². The van der Waals surface area contributed by atoms with Gasteiger partial charge in [0.15, 0.2) is 0 Å². The maximum atomic E-state index is 12.0. The van der Waals surface area contributed by atoms with E-state index in [-0.39, 0.29) is 0 Å². The second-order valence-electron chi connectivity index (χ2n) is 5.54. The van der Waals surface area contributed by atoms with Crippen LogP contribution in [0.5, 0.6) is 0 Å². The monoisotopic (exact) mass is 330 g/mol. The first-order valence-corrected chi connectivity index (χ1v) is 7.51. The van der Waals surface area contributed by atoms with Gasteiger partial charge in [0.2, 0.25) is 0 Å². The molecule has 2 aromatic rings. The van der Waals surface area contributed by atoms with Crippen LogP contribution in [-0.2, 0) is 4.79 Å². The third-order valence-corrected chi connectivity index (χ3v) is 4.29. The summed E-state index contributed by atoms with van der Waals surface area (Å²) >= 11 is 6.09. The molecule has 0 bridgehead atoms. The standard InChI is InChI=1S/C17H15ClN2O3/c18-12-6-7-14(13(10-12)11-4-2-1-3-5-11)20(16(19)23)17(8-9-17)15(21)22/h1-7,10H,8-9H2,(H2,19,23)(H,21,22). The van der Waals surface area contributed by atoms with E-state index in [1.54, 1.807) is 18.2 Å². The quantitative estimate of drug-likeness (QED) is 0.899. The van der Waals surface area contributed by atoms with Gasteiger partial charge in [0.05, 0.1) is 5.69 Å². The van der Waals surface area contributed by atoms with Crippen LogP contribution in [0.25, 0.3) is 11.1 Å². The van der Waals surface area contributed by atoms with Crippen molar-refractivity contribution >= 4 is 29.3 Å². The molecule has 1 saturated carbocycles. The Morgan fingerprint density at radius 2 is 1.78 bits per heavy atom. The van der Waals surface area contributed by atoms with Gasteiger partial charge in [-0.1, -0.05) is 41.9 Å². The normalized spacial score (nSPS) is 15.0. The number of nitrogens with zero attached hydrogens (tertiary/aromatic N) is 1. The molecule has 0 saturated heterocycles. The van der Waals surface area contributed by atoms with Crippen LogP contribution in [0.4, 0.5) is 10.5 Å². The van der Waals surface area contributed by atoms with E-state index >= 15 is 0 Å². The summed E-state index contributed by atoms with van der Waals surface area (Å²) in [5.41, 5.74) is 6.20. The zero-order valence-corrected chi connectivity index (χ0v) is 13.0. The minimum Gasteiger partial charge on any atom is -0.479 e. The molecule has 1 aliphatic carbocycles. The lowest BCUT2D eigenvalue weighted by Gasteiger charge is -2.29. The molecule has 6 heteroatoms. The summed E-state index contributed by atoms with van der Waals surface area (Å²) in [6.45, 7) is 0. The number of hydrogen-bond donors (Lipinski definition) is 2. The van der Waals surface area contributed by atoms with Gasteiger partial charge < -0.3 is 10.8 Å². The second-order valence-corrected chi connectivity index (χ2v) is 5.97. The summed E-state index contributed by atoms with van der Waals surface area (Å²) in [6, 6.07) is 13.5. The Kier molecular flexibility index (Phi) is 3.74. The number of carboxylic acids is 1. The first-order chi connectivity index (χ1) is 11.0. The molecule has 3 N–H and O–H groups in total. The molecule has 2 aromatic carbocycles. The third-order valence-electron chi connectivity index (χ3n) is 4.05. The Morgan fingerprint density at radius 1 is 1.13 bits per heavy atom. The van der Waals surface area contributed by atoms with Crippen molar-refractivity contribution in [3.8, 4) is 11.1 Å². The van der Waals surface area contributed by atoms with Crippen molar-refractivity contribution < 1.29 is 14.7 Å². The van der Waals surface area contributed by atoms with Gasteiger partial charge in [0.1, 0.15) is 5.54 Å². The zero-order valence-electron chi connectivity index (χ0n) is 12.2. The highest BCUT2D eigenvalue weighted by Crippen LogP contribution is 2.47. The molecule has 0 atom stereocenters. The maximum absolute atomic E-state index is 12.0. The lowest BCUT2D eigenvalue weighted by Crippen LogP contribution is -2.50. The number of anilines is 1. The second kappa shape index (κ2) is 5.59. The maximum Gasteiger partial charge on any atom is 0.330 e. The molecule has 0 spiro atoms. The number of benzene rings is 2. The van der Waals surface area contributed by atoms with Crippen LogP contribution in [0.2, 0.25) is 5.02 Å². The topological polar surface area (TPSA) is 83.6 Å². The largest absolute Gasteiger partial charge is 0.479 e. The van der Waals surface area contributed by atoms with Gasteiger partial charge in [0.25, 0.3) is 0 Å². The summed E-state index contributed by atoms with van der Waals surface area (Å²) < 4.78 is 0. The van der Waals surface area contributed by atoms with Crippen molar-refractivity contribution in [2.75, 3.05) is 4.90 Å². The van der Waals surface area contributed by atoms with Gasteiger partial charge >= 0.3 is 12.0 Å². The zero-order chi connectivity index (χ0) is 16.6. The Morgan fingerprint density at radius 3 is 2.30 bits per heavy atom. The molecule has 0 aromatic heterocycles. The molecule has 118 valence electrons. The summed E-state index contributed by atoms with van der Waals surface area (Å²) in [5.74, 6) is -1.05. The minimum atomic E-state index is -1.26. The number of rotatable bonds is 4. The van der Waals surface area contributed by atoms with Crippen LogP contribution >= 0.6 is 11.6 Å². The number of aliphatic carboxylic acids is 1. The average Bonchev–Trinajstić information content (AvgIpc) is 3.31. The Labute approximate surface area is 138 Å².